The quantitative estimate of drug-likeness (QED) is 0.899. The molecule has 0 amide bonds. The second-order valence-electron chi connectivity index (χ2n) is 5.03. The summed E-state index contributed by atoms with van der Waals surface area (Å²) in [7, 11) is 0. The number of hydrogen-bond donors (Lipinski definition) is 1. The highest BCUT2D eigenvalue weighted by Gasteiger charge is 2.20. The van der Waals surface area contributed by atoms with Crippen LogP contribution in [0.15, 0.2) is 24.3 Å². The van der Waals surface area contributed by atoms with Gasteiger partial charge in [0.25, 0.3) is 0 Å². The van der Waals surface area contributed by atoms with Crippen molar-refractivity contribution in [2.24, 2.45) is 0 Å². The maximum Gasteiger partial charge on any atom is 0.0816 e. The summed E-state index contributed by atoms with van der Waals surface area (Å²) in [6.45, 7) is 5.48. The van der Waals surface area contributed by atoms with E-state index >= 15 is 0 Å². The Morgan fingerprint density at radius 2 is 2.26 bits per heavy atom. The number of nitrogens with zero attached hydrogens (tertiary/aromatic N) is 1. The van der Waals surface area contributed by atoms with E-state index in [1.165, 1.54) is 12.2 Å². The van der Waals surface area contributed by atoms with Crippen molar-refractivity contribution >= 4 is 23.4 Å². The minimum absolute atomic E-state index is 0.455. The Labute approximate surface area is 125 Å². The minimum Gasteiger partial charge on any atom is -0.388 e. The molecular formula is C15H22ClNOS. The molecule has 1 aliphatic heterocycles. The van der Waals surface area contributed by atoms with Gasteiger partial charge in [0.05, 0.1) is 6.10 Å². The van der Waals surface area contributed by atoms with Gasteiger partial charge >= 0.3 is 0 Å². The molecule has 2 nitrogen and oxygen atoms in total. The number of thioether (sulfide) groups is 1. The molecule has 1 aromatic carbocycles. The first-order valence-corrected chi connectivity index (χ1v) is 8.39. The van der Waals surface area contributed by atoms with Gasteiger partial charge in [-0.3, -0.25) is 0 Å². The lowest BCUT2D eigenvalue weighted by Crippen LogP contribution is -2.38. The number of rotatable bonds is 5. The Bertz CT molecular complexity index is 401. The zero-order valence-electron chi connectivity index (χ0n) is 11.4. The fourth-order valence-electron chi connectivity index (χ4n) is 2.44. The molecule has 1 aliphatic rings. The van der Waals surface area contributed by atoms with E-state index in [1.54, 1.807) is 0 Å². The molecule has 2 atom stereocenters. The van der Waals surface area contributed by atoms with Gasteiger partial charge in [0.15, 0.2) is 0 Å². The van der Waals surface area contributed by atoms with Crippen LogP contribution in [0.25, 0.3) is 0 Å². The van der Waals surface area contributed by atoms with Gasteiger partial charge in [0.1, 0.15) is 0 Å². The monoisotopic (exact) mass is 299 g/mol. The summed E-state index contributed by atoms with van der Waals surface area (Å²) in [4.78, 5) is 2.46. The average molecular weight is 300 g/mol. The van der Waals surface area contributed by atoms with Crippen LogP contribution in [0, 0.1) is 0 Å². The Kier molecular flexibility index (Phi) is 6.02. The third-order valence-electron chi connectivity index (χ3n) is 3.66. The van der Waals surface area contributed by atoms with Crippen molar-refractivity contribution in [3.05, 3.63) is 34.9 Å². The molecule has 0 radical (unpaired) electrons. The van der Waals surface area contributed by atoms with Gasteiger partial charge in [0, 0.05) is 35.7 Å². The summed E-state index contributed by atoms with van der Waals surface area (Å²) >= 11 is 8.18. The van der Waals surface area contributed by atoms with Crippen molar-refractivity contribution in [2.75, 3.05) is 25.4 Å². The van der Waals surface area contributed by atoms with Gasteiger partial charge in [-0.1, -0.05) is 36.7 Å². The van der Waals surface area contributed by atoms with Crippen LogP contribution in [-0.4, -0.2) is 40.6 Å². The predicted octanol–water partition coefficient (Wildman–Crippen LogP) is 3.59. The third-order valence-corrected chi connectivity index (χ3v) is 5.38. The van der Waals surface area contributed by atoms with E-state index in [0.717, 1.165) is 36.9 Å². The number of hydrogen-bond acceptors (Lipinski definition) is 3. The summed E-state index contributed by atoms with van der Waals surface area (Å²) in [6.07, 6.45) is 1.53. The maximum atomic E-state index is 10.2. The van der Waals surface area contributed by atoms with Crippen LogP contribution < -0.4 is 0 Å². The molecule has 1 aromatic rings. The summed E-state index contributed by atoms with van der Waals surface area (Å²) in [5.74, 6) is 1.21. The van der Waals surface area contributed by atoms with Gasteiger partial charge < -0.3 is 10.0 Å². The molecule has 1 saturated heterocycles. The topological polar surface area (TPSA) is 23.5 Å². The molecule has 19 heavy (non-hydrogen) atoms. The lowest BCUT2D eigenvalue weighted by atomic mass is 10.1. The van der Waals surface area contributed by atoms with Gasteiger partial charge in [0.2, 0.25) is 0 Å². The Hall–Kier alpha value is -0.220. The highest BCUT2D eigenvalue weighted by atomic mass is 35.5. The molecule has 1 heterocycles. The number of halogens is 1. The molecule has 2 rings (SSSR count). The highest BCUT2D eigenvalue weighted by Crippen LogP contribution is 2.26. The van der Waals surface area contributed by atoms with Crippen LogP contribution >= 0.6 is 23.4 Å². The maximum absolute atomic E-state index is 10.2. The minimum atomic E-state index is -0.455. The summed E-state index contributed by atoms with van der Waals surface area (Å²) in [6, 6.07) is 7.57. The van der Waals surface area contributed by atoms with Crippen LogP contribution in [0.2, 0.25) is 5.02 Å². The van der Waals surface area contributed by atoms with Crippen LogP contribution in [0.1, 0.15) is 31.4 Å². The average Bonchev–Trinajstić information content (AvgIpc) is 2.45. The van der Waals surface area contributed by atoms with E-state index in [0.29, 0.717) is 5.02 Å². The second kappa shape index (κ2) is 7.53. The van der Waals surface area contributed by atoms with E-state index in [9.17, 15) is 5.11 Å². The van der Waals surface area contributed by atoms with Crippen molar-refractivity contribution in [3.63, 3.8) is 0 Å². The van der Waals surface area contributed by atoms with Crippen LogP contribution in [-0.2, 0) is 0 Å². The number of aliphatic hydroxyl groups is 1. The summed E-state index contributed by atoms with van der Waals surface area (Å²) in [5.41, 5.74) is 0.850. The summed E-state index contributed by atoms with van der Waals surface area (Å²) < 4.78 is 0. The predicted molar refractivity (Wildman–Crippen MR) is 84.0 cm³/mol. The first-order chi connectivity index (χ1) is 9.20. The highest BCUT2D eigenvalue weighted by molar-refractivity contribution is 8.00. The van der Waals surface area contributed by atoms with Gasteiger partial charge in [-0.2, -0.15) is 11.8 Å². The number of benzene rings is 1. The largest absolute Gasteiger partial charge is 0.388 e. The first-order valence-electron chi connectivity index (χ1n) is 6.97. The first kappa shape index (κ1) is 15.2. The molecule has 4 heteroatoms. The molecule has 0 aromatic heterocycles. The van der Waals surface area contributed by atoms with Gasteiger partial charge in [-0.05, 0) is 24.5 Å². The lowest BCUT2D eigenvalue weighted by molar-refractivity contribution is 0.143. The zero-order valence-corrected chi connectivity index (χ0v) is 13.0. The smallest absolute Gasteiger partial charge is 0.0816 e. The van der Waals surface area contributed by atoms with Crippen LogP contribution in [0.3, 0.4) is 0 Å². The molecule has 0 spiro atoms. The van der Waals surface area contributed by atoms with Crippen molar-refractivity contribution in [1.29, 1.82) is 0 Å². The van der Waals surface area contributed by atoms with E-state index in [1.807, 2.05) is 24.3 Å². The molecule has 1 N–H and O–H groups in total. The van der Waals surface area contributed by atoms with Crippen molar-refractivity contribution in [3.8, 4) is 0 Å². The van der Waals surface area contributed by atoms with Gasteiger partial charge in [-0.25, -0.2) is 0 Å². The lowest BCUT2D eigenvalue weighted by Gasteiger charge is -2.32. The molecular weight excluding hydrogens is 278 g/mol. The molecule has 1 fully saturated rings. The van der Waals surface area contributed by atoms with Gasteiger partial charge in [-0.15, -0.1) is 0 Å². The SMILES string of the molecule is CCC1CN(CCC(O)c2ccccc2Cl)CCS1. The van der Waals surface area contributed by atoms with Crippen molar-refractivity contribution in [1.82, 2.24) is 4.90 Å². The molecule has 106 valence electrons. The van der Waals surface area contributed by atoms with Crippen molar-refractivity contribution < 1.29 is 5.11 Å². The standard InChI is InChI=1S/C15H22ClNOS/c1-2-12-11-17(9-10-19-12)8-7-15(18)13-5-3-4-6-14(13)16/h3-6,12,15,18H,2,7-11H2,1H3. The molecule has 0 bridgehead atoms. The van der Waals surface area contributed by atoms with E-state index in [2.05, 4.69) is 23.6 Å². The van der Waals surface area contributed by atoms with Crippen molar-refractivity contribution in [2.45, 2.75) is 31.1 Å². The Morgan fingerprint density at radius 1 is 1.47 bits per heavy atom. The molecule has 0 saturated carbocycles. The normalized spacial score (nSPS) is 22.4. The second-order valence-corrected chi connectivity index (χ2v) is 6.84. The Morgan fingerprint density at radius 3 is 3.00 bits per heavy atom. The van der Waals surface area contributed by atoms with E-state index < -0.39 is 6.10 Å². The molecule has 2 unspecified atom stereocenters. The fourth-order valence-corrected chi connectivity index (χ4v) is 3.95. The zero-order chi connectivity index (χ0) is 13.7. The van der Waals surface area contributed by atoms with E-state index in [-0.39, 0.29) is 0 Å². The van der Waals surface area contributed by atoms with E-state index in [4.69, 9.17) is 11.6 Å². The fraction of sp³-hybridized carbons (Fsp3) is 0.600. The molecule has 0 aliphatic carbocycles. The summed E-state index contributed by atoms with van der Waals surface area (Å²) in [5, 5.41) is 11.7. The van der Waals surface area contributed by atoms with Crippen LogP contribution in [0.5, 0.6) is 0 Å². The third kappa shape index (κ3) is 4.38. The Balaban J connectivity index is 1.83. The number of aliphatic hydroxyl groups excluding tert-OH is 1. The van der Waals surface area contributed by atoms with Crippen LogP contribution in [0.4, 0.5) is 0 Å².